The zero-order valence-electron chi connectivity index (χ0n) is 20.3. The molecule has 2 aromatic rings. The van der Waals surface area contributed by atoms with Crippen LogP contribution in [0.4, 0.5) is 5.82 Å². The predicted molar refractivity (Wildman–Crippen MR) is 141 cm³/mol. The Morgan fingerprint density at radius 3 is 2.64 bits per heavy atom. The fourth-order valence-electron chi connectivity index (χ4n) is 3.99. The molecule has 0 bridgehead atoms. The average Bonchev–Trinajstić information content (AvgIpc) is 3.30. The summed E-state index contributed by atoms with van der Waals surface area (Å²) in [4.78, 5) is 16.4. The van der Waals surface area contributed by atoms with Gasteiger partial charge >= 0.3 is 0 Å². The van der Waals surface area contributed by atoms with Gasteiger partial charge in [0.15, 0.2) is 5.82 Å². The lowest BCUT2D eigenvalue weighted by Gasteiger charge is -2.17. The molecule has 1 N–H and O–H groups in total. The van der Waals surface area contributed by atoms with Crippen LogP contribution in [0.2, 0.25) is 0 Å². The number of aromatic nitrogens is 2. The van der Waals surface area contributed by atoms with Gasteiger partial charge in [-0.25, -0.2) is 9.97 Å². The Labute approximate surface area is 198 Å². The van der Waals surface area contributed by atoms with Gasteiger partial charge in [-0.1, -0.05) is 56.4 Å². The number of hydrogen-bond acceptors (Lipinski definition) is 5. The fraction of sp³-hybridized carbons (Fsp3) is 0.321. The maximum atomic E-state index is 4.98. The first-order valence-electron chi connectivity index (χ1n) is 11.5. The normalized spacial score (nSPS) is 15.2. The summed E-state index contributed by atoms with van der Waals surface area (Å²) in [6, 6.07) is 8.69. The second-order valence-electron chi connectivity index (χ2n) is 8.65. The highest BCUT2D eigenvalue weighted by Gasteiger charge is 2.19. The van der Waals surface area contributed by atoms with Gasteiger partial charge in [-0.15, -0.1) is 0 Å². The molecule has 1 aromatic heterocycles. The second-order valence-corrected chi connectivity index (χ2v) is 8.65. The Bertz CT molecular complexity index is 1090. The van der Waals surface area contributed by atoms with Gasteiger partial charge in [0, 0.05) is 43.8 Å². The molecule has 33 heavy (non-hydrogen) atoms. The number of hydrogen-bond donors (Lipinski definition) is 1. The molecule has 0 spiro atoms. The van der Waals surface area contributed by atoms with E-state index in [-0.39, 0.29) is 0 Å². The highest BCUT2D eigenvalue weighted by molar-refractivity contribution is 6.12. The van der Waals surface area contributed by atoms with Crippen molar-refractivity contribution in [3.05, 3.63) is 84.9 Å². The fourth-order valence-corrected chi connectivity index (χ4v) is 3.99. The molecule has 1 aromatic carbocycles. The van der Waals surface area contributed by atoms with Gasteiger partial charge in [0.25, 0.3) is 0 Å². The van der Waals surface area contributed by atoms with Crippen molar-refractivity contribution in [3.8, 4) is 11.4 Å². The van der Waals surface area contributed by atoms with Crippen molar-refractivity contribution in [1.82, 2.24) is 14.9 Å². The van der Waals surface area contributed by atoms with Crippen LogP contribution in [0.3, 0.4) is 0 Å². The standard InChI is InChI=1S/C28H35N5/c1-7-12-26(30-20(3)4)25-18-29-27(32-28(25)31-24-15-9-10-16-24)23-14-11-13-22(17-23)21(8-2)19-33(5)6/h7-8,11-14,17-19,24H,2-3,9-10,15-16H2,1,4-6H3,(H,29,31,32)/b12-7-,21-19+,30-26?. The zero-order valence-corrected chi connectivity index (χ0v) is 20.3. The Morgan fingerprint density at radius 2 is 2.00 bits per heavy atom. The molecular weight excluding hydrogens is 406 g/mol. The second kappa shape index (κ2) is 11.4. The molecule has 5 heteroatoms. The van der Waals surface area contributed by atoms with Gasteiger partial charge in [-0.05, 0) is 50.0 Å². The number of allylic oxidation sites excluding steroid dienone is 5. The third kappa shape index (κ3) is 6.51. The van der Waals surface area contributed by atoms with Gasteiger partial charge in [0.2, 0.25) is 0 Å². The van der Waals surface area contributed by atoms with Crippen LogP contribution in [-0.2, 0) is 0 Å². The summed E-state index contributed by atoms with van der Waals surface area (Å²) < 4.78 is 0. The first-order valence-corrected chi connectivity index (χ1v) is 11.5. The number of nitrogens with zero attached hydrogens (tertiary/aromatic N) is 4. The average molecular weight is 442 g/mol. The molecule has 0 amide bonds. The number of nitrogens with one attached hydrogen (secondary N) is 1. The van der Waals surface area contributed by atoms with Crippen molar-refractivity contribution in [2.75, 3.05) is 19.4 Å². The molecule has 3 rings (SSSR count). The molecule has 0 saturated heterocycles. The van der Waals surface area contributed by atoms with E-state index >= 15 is 0 Å². The molecule has 5 nitrogen and oxygen atoms in total. The lowest BCUT2D eigenvalue weighted by Crippen LogP contribution is -2.19. The van der Waals surface area contributed by atoms with Crippen LogP contribution in [0, 0.1) is 0 Å². The molecule has 0 radical (unpaired) electrons. The first-order chi connectivity index (χ1) is 15.9. The van der Waals surface area contributed by atoms with Gasteiger partial charge in [-0.2, -0.15) is 0 Å². The number of anilines is 1. The molecule has 1 aliphatic carbocycles. The summed E-state index contributed by atoms with van der Waals surface area (Å²) in [5, 5.41) is 3.68. The zero-order chi connectivity index (χ0) is 23.8. The quantitative estimate of drug-likeness (QED) is 0.357. The highest BCUT2D eigenvalue weighted by Crippen LogP contribution is 2.27. The third-order valence-electron chi connectivity index (χ3n) is 5.47. The minimum atomic E-state index is 0.421. The van der Waals surface area contributed by atoms with Crippen molar-refractivity contribution in [1.29, 1.82) is 0 Å². The first kappa shape index (κ1) is 24.2. The summed E-state index contributed by atoms with van der Waals surface area (Å²) in [6.45, 7) is 11.8. The van der Waals surface area contributed by atoms with E-state index in [1.54, 1.807) is 0 Å². The van der Waals surface area contributed by atoms with Gasteiger partial charge < -0.3 is 10.2 Å². The van der Waals surface area contributed by atoms with E-state index in [1.165, 1.54) is 12.8 Å². The molecule has 0 unspecified atom stereocenters. The number of rotatable bonds is 9. The summed E-state index contributed by atoms with van der Waals surface area (Å²) in [5.74, 6) is 1.51. The largest absolute Gasteiger partial charge is 0.383 e. The summed E-state index contributed by atoms with van der Waals surface area (Å²) in [5.41, 5.74) is 5.54. The van der Waals surface area contributed by atoms with E-state index in [0.717, 1.165) is 52.3 Å². The number of benzene rings is 1. The lowest BCUT2D eigenvalue weighted by molar-refractivity contribution is 0.566. The molecule has 1 heterocycles. The minimum absolute atomic E-state index is 0.421. The number of aliphatic imine (C=N–C) groups is 1. The molecule has 1 fully saturated rings. The summed E-state index contributed by atoms with van der Waals surface area (Å²) >= 11 is 0. The van der Waals surface area contributed by atoms with E-state index in [1.807, 2.05) is 69.4 Å². The van der Waals surface area contributed by atoms with Gasteiger partial charge in [0.1, 0.15) is 5.82 Å². The van der Waals surface area contributed by atoms with E-state index in [4.69, 9.17) is 9.97 Å². The predicted octanol–water partition coefficient (Wildman–Crippen LogP) is 6.49. The third-order valence-corrected chi connectivity index (χ3v) is 5.47. The van der Waals surface area contributed by atoms with Crippen LogP contribution in [0.25, 0.3) is 17.0 Å². The van der Waals surface area contributed by atoms with Crippen molar-refractivity contribution < 1.29 is 0 Å². The van der Waals surface area contributed by atoms with E-state index in [0.29, 0.717) is 11.9 Å². The summed E-state index contributed by atoms with van der Waals surface area (Å²) in [6.07, 6.45) is 14.6. The maximum absolute atomic E-state index is 4.98. The van der Waals surface area contributed by atoms with Crippen molar-refractivity contribution >= 4 is 17.1 Å². The maximum Gasteiger partial charge on any atom is 0.161 e. The minimum Gasteiger partial charge on any atom is -0.383 e. The molecule has 1 aliphatic rings. The molecule has 172 valence electrons. The van der Waals surface area contributed by atoms with Crippen LogP contribution >= 0.6 is 0 Å². The van der Waals surface area contributed by atoms with Crippen molar-refractivity contribution in [2.24, 2.45) is 4.99 Å². The van der Waals surface area contributed by atoms with Crippen LogP contribution in [-0.4, -0.2) is 40.7 Å². The van der Waals surface area contributed by atoms with E-state index < -0.39 is 0 Å². The Balaban J connectivity index is 2.08. The lowest BCUT2D eigenvalue weighted by atomic mass is 10.0. The SMILES string of the molecule is C=C/C(=C\N(C)C)c1cccc(-c2ncc(C(/C=C\C)=NC(=C)C)c(NC3CCCC3)n2)c1. The van der Waals surface area contributed by atoms with Crippen LogP contribution in [0.5, 0.6) is 0 Å². The summed E-state index contributed by atoms with van der Waals surface area (Å²) in [7, 11) is 4.01. The van der Waals surface area contributed by atoms with Crippen LogP contribution in [0.15, 0.2) is 78.7 Å². The smallest absolute Gasteiger partial charge is 0.161 e. The molecular formula is C28H35N5. The van der Waals surface area contributed by atoms with E-state index in [9.17, 15) is 0 Å². The molecule has 1 saturated carbocycles. The Hall–Kier alpha value is -3.47. The molecule has 0 aliphatic heterocycles. The van der Waals surface area contributed by atoms with Crippen molar-refractivity contribution in [3.63, 3.8) is 0 Å². The van der Waals surface area contributed by atoms with Gasteiger partial charge in [0.05, 0.1) is 11.3 Å². The monoisotopic (exact) mass is 441 g/mol. The van der Waals surface area contributed by atoms with Crippen LogP contribution in [0.1, 0.15) is 50.7 Å². The van der Waals surface area contributed by atoms with Gasteiger partial charge in [-0.3, -0.25) is 4.99 Å². The Morgan fingerprint density at radius 1 is 1.24 bits per heavy atom. The molecule has 0 atom stereocenters. The Kier molecular flexibility index (Phi) is 8.36. The van der Waals surface area contributed by atoms with Crippen LogP contribution < -0.4 is 5.32 Å². The topological polar surface area (TPSA) is 53.4 Å². The van der Waals surface area contributed by atoms with E-state index in [2.05, 4.69) is 41.8 Å². The highest BCUT2D eigenvalue weighted by atomic mass is 15.1. The van der Waals surface area contributed by atoms with Crippen molar-refractivity contribution in [2.45, 2.75) is 45.6 Å².